The summed E-state index contributed by atoms with van der Waals surface area (Å²) in [5, 5.41) is 8.59. The summed E-state index contributed by atoms with van der Waals surface area (Å²) in [6.07, 6.45) is 2.15. The van der Waals surface area contributed by atoms with Crippen molar-refractivity contribution in [2.45, 2.75) is 51.7 Å². The van der Waals surface area contributed by atoms with Crippen LogP contribution < -0.4 is 4.72 Å². The van der Waals surface area contributed by atoms with Gasteiger partial charge in [0.25, 0.3) is 10.2 Å². The van der Waals surface area contributed by atoms with E-state index in [-0.39, 0.29) is 12.1 Å². The largest absolute Gasteiger partial charge is 0.313 e. The van der Waals surface area contributed by atoms with Gasteiger partial charge < -0.3 is 4.57 Å². The Balaban J connectivity index is 1.74. The van der Waals surface area contributed by atoms with Crippen LogP contribution in [0.4, 0.5) is 0 Å². The standard InChI is InChI=1S/C17H25N5O2S/c1-13(2)21(3)25(23,24)20-15-9-10-16-18-19-17(22(16)12-15)11-14-7-5-4-6-8-14/h4-8,13,15,20H,9-12H2,1-3H3/t15-/m0/s1. The lowest BCUT2D eigenvalue weighted by Gasteiger charge is -2.28. The minimum Gasteiger partial charge on any atom is -0.313 e. The van der Waals surface area contributed by atoms with Crippen LogP contribution in [-0.4, -0.2) is 46.6 Å². The Labute approximate surface area is 149 Å². The zero-order valence-electron chi connectivity index (χ0n) is 14.9. The predicted molar refractivity (Wildman–Crippen MR) is 96.3 cm³/mol. The van der Waals surface area contributed by atoms with Gasteiger partial charge >= 0.3 is 0 Å². The molecule has 0 radical (unpaired) electrons. The SMILES string of the molecule is CC(C)N(C)S(=O)(=O)N[C@H]1CCc2nnc(Cc3ccccc3)n2C1. The molecule has 0 spiro atoms. The average molecular weight is 363 g/mol. The molecule has 25 heavy (non-hydrogen) atoms. The molecule has 0 unspecified atom stereocenters. The van der Waals surface area contributed by atoms with Crippen LogP contribution >= 0.6 is 0 Å². The quantitative estimate of drug-likeness (QED) is 0.840. The second-order valence-electron chi connectivity index (χ2n) is 6.77. The molecule has 1 aromatic heterocycles. The highest BCUT2D eigenvalue weighted by Gasteiger charge is 2.28. The molecule has 1 aliphatic heterocycles. The molecule has 0 amide bonds. The first-order chi connectivity index (χ1) is 11.9. The van der Waals surface area contributed by atoms with Crippen molar-refractivity contribution in [1.82, 2.24) is 23.8 Å². The third-order valence-corrected chi connectivity index (χ3v) is 6.46. The molecule has 7 nitrogen and oxygen atoms in total. The summed E-state index contributed by atoms with van der Waals surface area (Å²) in [6.45, 7) is 4.28. The van der Waals surface area contributed by atoms with Crippen LogP contribution in [0.25, 0.3) is 0 Å². The van der Waals surface area contributed by atoms with Crippen molar-refractivity contribution in [1.29, 1.82) is 0 Å². The predicted octanol–water partition coefficient (Wildman–Crippen LogP) is 1.36. The fraction of sp³-hybridized carbons (Fsp3) is 0.529. The first kappa shape index (κ1) is 18.0. The minimum atomic E-state index is -3.49. The monoisotopic (exact) mass is 363 g/mol. The Kier molecular flexibility index (Phi) is 5.21. The summed E-state index contributed by atoms with van der Waals surface area (Å²) in [7, 11) is -1.89. The van der Waals surface area contributed by atoms with E-state index in [1.165, 1.54) is 9.87 Å². The van der Waals surface area contributed by atoms with Crippen molar-refractivity contribution >= 4 is 10.2 Å². The fourth-order valence-electron chi connectivity index (χ4n) is 2.96. The lowest BCUT2D eigenvalue weighted by molar-refractivity contribution is 0.371. The number of nitrogens with one attached hydrogen (secondary N) is 1. The van der Waals surface area contributed by atoms with Crippen LogP contribution in [0.2, 0.25) is 0 Å². The average Bonchev–Trinajstić information content (AvgIpc) is 2.97. The highest BCUT2D eigenvalue weighted by molar-refractivity contribution is 7.87. The number of benzene rings is 1. The van der Waals surface area contributed by atoms with Crippen LogP contribution in [0.1, 0.15) is 37.5 Å². The Morgan fingerprint density at radius 2 is 2.00 bits per heavy atom. The lowest BCUT2D eigenvalue weighted by atomic mass is 10.1. The third kappa shape index (κ3) is 4.08. The molecule has 1 atom stereocenters. The first-order valence-corrected chi connectivity index (χ1v) is 10.0. The van der Waals surface area contributed by atoms with Gasteiger partial charge in [0, 0.05) is 38.5 Å². The van der Waals surface area contributed by atoms with Crippen LogP contribution in [0.15, 0.2) is 30.3 Å². The van der Waals surface area contributed by atoms with E-state index >= 15 is 0 Å². The molecule has 3 rings (SSSR count). The minimum absolute atomic E-state index is 0.0831. The topological polar surface area (TPSA) is 80.1 Å². The van der Waals surface area contributed by atoms with E-state index in [2.05, 4.69) is 31.6 Å². The van der Waals surface area contributed by atoms with Gasteiger partial charge in [-0.1, -0.05) is 30.3 Å². The van der Waals surface area contributed by atoms with Gasteiger partial charge in [0.2, 0.25) is 0 Å². The molecule has 0 saturated carbocycles. The second-order valence-corrected chi connectivity index (χ2v) is 8.54. The molecule has 2 heterocycles. The fourth-order valence-corrected chi connectivity index (χ4v) is 4.29. The van der Waals surface area contributed by atoms with E-state index in [0.29, 0.717) is 13.0 Å². The van der Waals surface area contributed by atoms with E-state index in [0.717, 1.165) is 24.5 Å². The lowest BCUT2D eigenvalue weighted by Crippen LogP contribution is -2.48. The zero-order valence-corrected chi connectivity index (χ0v) is 15.7. The van der Waals surface area contributed by atoms with E-state index in [9.17, 15) is 8.42 Å². The molecule has 0 bridgehead atoms. The van der Waals surface area contributed by atoms with Crippen LogP contribution in [0, 0.1) is 0 Å². The number of rotatable bonds is 6. The Hall–Kier alpha value is -1.77. The normalized spacial score (nSPS) is 17.9. The summed E-state index contributed by atoms with van der Waals surface area (Å²) in [5.41, 5.74) is 1.17. The zero-order chi connectivity index (χ0) is 18.0. The molecule has 0 fully saturated rings. The molecular weight excluding hydrogens is 338 g/mol. The molecule has 136 valence electrons. The van der Waals surface area contributed by atoms with Gasteiger partial charge in [0.1, 0.15) is 11.6 Å². The van der Waals surface area contributed by atoms with Gasteiger partial charge in [-0.2, -0.15) is 17.4 Å². The number of fused-ring (bicyclic) bond motifs is 1. The number of nitrogens with zero attached hydrogens (tertiary/aromatic N) is 4. The molecule has 8 heteroatoms. The maximum Gasteiger partial charge on any atom is 0.279 e. The van der Waals surface area contributed by atoms with E-state index in [4.69, 9.17) is 0 Å². The van der Waals surface area contributed by atoms with Crippen LogP contribution in [0.3, 0.4) is 0 Å². The van der Waals surface area contributed by atoms with Gasteiger partial charge in [-0.25, -0.2) is 0 Å². The summed E-state index contributed by atoms with van der Waals surface area (Å²) < 4.78 is 31.1. The molecule has 0 saturated heterocycles. The highest BCUT2D eigenvalue weighted by atomic mass is 32.2. The maximum absolute atomic E-state index is 12.4. The molecule has 1 N–H and O–H groups in total. The number of aromatic nitrogens is 3. The molecular formula is C17H25N5O2S. The van der Waals surface area contributed by atoms with Gasteiger partial charge in [-0.3, -0.25) is 0 Å². The molecule has 1 aromatic carbocycles. The summed E-state index contributed by atoms with van der Waals surface area (Å²) in [4.78, 5) is 0. The third-order valence-electron chi connectivity index (χ3n) is 4.65. The number of aryl methyl sites for hydroxylation is 1. The molecule has 0 aliphatic carbocycles. The molecule has 1 aliphatic rings. The van der Waals surface area contributed by atoms with Crippen molar-refractivity contribution in [3.63, 3.8) is 0 Å². The van der Waals surface area contributed by atoms with Gasteiger partial charge in [0.05, 0.1) is 0 Å². The summed E-state index contributed by atoms with van der Waals surface area (Å²) in [6, 6.07) is 9.87. The smallest absolute Gasteiger partial charge is 0.279 e. The first-order valence-electron chi connectivity index (χ1n) is 8.57. The Bertz CT molecular complexity index is 817. The maximum atomic E-state index is 12.4. The molecule has 2 aromatic rings. The summed E-state index contributed by atoms with van der Waals surface area (Å²) >= 11 is 0. The van der Waals surface area contributed by atoms with Gasteiger partial charge in [0.15, 0.2) is 0 Å². The van der Waals surface area contributed by atoms with Crippen molar-refractivity contribution in [3.05, 3.63) is 47.5 Å². The van der Waals surface area contributed by atoms with Gasteiger partial charge in [-0.05, 0) is 25.8 Å². The van der Waals surface area contributed by atoms with Crippen LogP contribution in [-0.2, 0) is 29.6 Å². The van der Waals surface area contributed by atoms with Crippen molar-refractivity contribution < 1.29 is 8.42 Å². The van der Waals surface area contributed by atoms with E-state index < -0.39 is 10.2 Å². The van der Waals surface area contributed by atoms with Crippen molar-refractivity contribution in [2.75, 3.05) is 7.05 Å². The Morgan fingerprint density at radius 3 is 2.68 bits per heavy atom. The number of hydrogen-bond acceptors (Lipinski definition) is 4. The highest BCUT2D eigenvalue weighted by Crippen LogP contribution is 2.18. The van der Waals surface area contributed by atoms with Crippen molar-refractivity contribution in [3.8, 4) is 0 Å². The summed E-state index contributed by atoms with van der Waals surface area (Å²) in [5.74, 6) is 1.81. The van der Waals surface area contributed by atoms with E-state index in [1.807, 2.05) is 32.0 Å². The van der Waals surface area contributed by atoms with E-state index in [1.54, 1.807) is 7.05 Å². The Morgan fingerprint density at radius 1 is 1.28 bits per heavy atom. The number of hydrogen-bond donors (Lipinski definition) is 1. The van der Waals surface area contributed by atoms with Gasteiger partial charge in [-0.15, -0.1) is 10.2 Å². The van der Waals surface area contributed by atoms with Crippen molar-refractivity contribution in [2.24, 2.45) is 0 Å². The van der Waals surface area contributed by atoms with Crippen LogP contribution in [0.5, 0.6) is 0 Å². The second kappa shape index (κ2) is 7.23.